The van der Waals surface area contributed by atoms with Crippen molar-refractivity contribution >= 4 is 8.40 Å². The van der Waals surface area contributed by atoms with Crippen LogP contribution in [0.25, 0.3) is 0 Å². The maximum absolute atomic E-state index is 3.97. The van der Waals surface area contributed by atoms with Gasteiger partial charge in [-0.25, -0.2) is 0 Å². The minimum atomic E-state index is -1.49. The molecule has 0 aromatic carbocycles. The molecule has 0 saturated heterocycles. The quantitative estimate of drug-likeness (QED) is 0.603. The highest BCUT2D eigenvalue weighted by molar-refractivity contribution is 6.79. The van der Waals surface area contributed by atoms with Crippen LogP contribution >= 0.6 is 0 Å². The van der Waals surface area contributed by atoms with Crippen LogP contribution in [-0.4, -0.2) is 45.7 Å². The summed E-state index contributed by atoms with van der Waals surface area (Å²) in [6.07, 6.45) is 1.23. The van der Waals surface area contributed by atoms with Crippen molar-refractivity contribution < 1.29 is 0 Å². The highest BCUT2D eigenvalue weighted by Crippen LogP contribution is 2.18. The molecule has 2 nitrogen and oxygen atoms in total. The molecule has 0 heterocycles. The summed E-state index contributed by atoms with van der Waals surface area (Å²) < 4.78 is 4.70. The Labute approximate surface area is 78.0 Å². The van der Waals surface area contributed by atoms with Crippen molar-refractivity contribution in [2.45, 2.75) is 19.4 Å². The molecule has 0 spiro atoms. The Morgan fingerprint density at radius 2 is 1.58 bits per heavy atom. The first-order valence-electron chi connectivity index (χ1n) is 4.49. The first-order valence-corrected chi connectivity index (χ1v) is 6.67. The zero-order chi connectivity index (χ0) is 9.78. The number of rotatable bonds is 5. The average Bonchev–Trinajstić information content (AvgIpc) is 1.98. The third-order valence-electron chi connectivity index (χ3n) is 2.49. The molecule has 0 atom stereocenters. The summed E-state index contributed by atoms with van der Waals surface area (Å²) in [7, 11) is 7.13. The summed E-state index contributed by atoms with van der Waals surface area (Å²) in [6, 6.07) is 1.26. The van der Waals surface area contributed by atoms with E-state index in [4.69, 9.17) is 0 Å². The minimum Gasteiger partial charge on any atom is -0.314 e. The topological polar surface area (TPSA) is 6.48 Å². The number of hydrogen-bond donors (Lipinski definition) is 0. The van der Waals surface area contributed by atoms with Crippen LogP contribution in [-0.2, 0) is 0 Å². The molecule has 0 radical (unpaired) electrons. The van der Waals surface area contributed by atoms with Crippen molar-refractivity contribution in [3.05, 3.63) is 12.3 Å². The summed E-state index contributed by atoms with van der Waals surface area (Å²) in [5.41, 5.74) is 2.16. The van der Waals surface area contributed by atoms with Crippen LogP contribution in [0.5, 0.6) is 0 Å². The first-order chi connectivity index (χ1) is 5.51. The second-order valence-corrected chi connectivity index (χ2v) is 8.08. The summed E-state index contributed by atoms with van der Waals surface area (Å²) in [5.74, 6) is 0. The van der Waals surface area contributed by atoms with Gasteiger partial charge in [0, 0.05) is 0 Å². The Morgan fingerprint density at radius 1 is 1.17 bits per heavy atom. The van der Waals surface area contributed by atoms with Crippen LogP contribution in [0.1, 0.15) is 13.3 Å². The SMILES string of the molecule is C=C[Si](CCC)(N(C)C)N(C)C. The fourth-order valence-corrected chi connectivity index (χ4v) is 5.05. The summed E-state index contributed by atoms with van der Waals surface area (Å²) >= 11 is 0. The second-order valence-electron chi connectivity index (χ2n) is 3.62. The zero-order valence-electron chi connectivity index (χ0n) is 9.09. The van der Waals surface area contributed by atoms with E-state index in [1.165, 1.54) is 12.5 Å². The fraction of sp³-hybridized carbons (Fsp3) is 0.778. The molecule has 0 aliphatic carbocycles. The van der Waals surface area contributed by atoms with Gasteiger partial charge < -0.3 is 9.13 Å². The van der Waals surface area contributed by atoms with Gasteiger partial charge in [0.15, 0.2) is 0 Å². The molecule has 3 heteroatoms. The summed E-state index contributed by atoms with van der Waals surface area (Å²) in [4.78, 5) is 0. The van der Waals surface area contributed by atoms with Crippen LogP contribution < -0.4 is 0 Å². The Balaban J connectivity index is 4.63. The molecule has 72 valence electrons. The first kappa shape index (κ1) is 11.9. The van der Waals surface area contributed by atoms with Gasteiger partial charge in [-0.05, 0) is 34.2 Å². The van der Waals surface area contributed by atoms with Gasteiger partial charge in [-0.1, -0.05) is 19.0 Å². The molecule has 0 aliphatic heterocycles. The van der Waals surface area contributed by atoms with E-state index in [2.05, 4.69) is 56.5 Å². The Bertz CT molecular complexity index is 135. The molecule has 12 heavy (non-hydrogen) atoms. The normalized spacial score (nSPS) is 12.6. The van der Waals surface area contributed by atoms with E-state index in [9.17, 15) is 0 Å². The summed E-state index contributed by atoms with van der Waals surface area (Å²) in [5, 5.41) is 0. The number of nitrogens with zero attached hydrogens (tertiary/aromatic N) is 2. The van der Waals surface area contributed by atoms with Crippen molar-refractivity contribution in [1.29, 1.82) is 0 Å². The van der Waals surface area contributed by atoms with E-state index in [0.717, 1.165) is 0 Å². The molecular formula is C9H22N2Si. The smallest absolute Gasteiger partial charge is 0.230 e. The van der Waals surface area contributed by atoms with E-state index in [-0.39, 0.29) is 0 Å². The lowest BCUT2D eigenvalue weighted by atomic mass is 10.6. The van der Waals surface area contributed by atoms with Crippen molar-refractivity contribution in [2.24, 2.45) is 0 Å². The van der Waals surface area contributed by atoms with Crippen LogP contribution in [0.4, 0.5) is 0 Å². The Morgan fingerprint density at radius 3 is 1.67 bits per heavy atom. The van der Waals surface area contributed by atoms with Gasteiger partial charge in [-0.15, -0.1) is 6.58 Å². The van der Waals surface area contributed by atoms with Crippen molar-refractivity contribution in [2.75, 3.05) is 28.2 Å². The zero-order valence-corrected chi connectivity index (χ0v) is 10.1. The second kappa shape index (κ2) is 4.79. The van der Waals surface area contributed by atoms with Crippen LogP contribution in [0.15, 0.2) is 12.3 Å². The Hall–Kier alpha value is -0.123. The van der Waals surface area contributed by atoms with Crippen molar-refractivity contribution in [1.82, 2.24) is 9.13 Å². The standard InChI is InChI=1S/C9H22N2Si/c1-7-9-12(8-2,10(3)4)11(5)6/h8H,2,7,9H2,1,3-6H3. The molecule has 0 fully saturated rings. The lowest BCUT2D eigenvalue weighted by Gasteiger charge is -2.40. The third kappa shape index (κ3) is 2.18. The van der Waals surface area contributed by atoms with Gasteiger partial charge in [0.2, 0.25) is 8.40 Å². The minimum absolute atomic E-state index is 1.23. The predicted octanol–water partition coefficient (Wildman–Crippen LogP) is 1.69. The van der Waals surface area contributed by atoms with Gasteiger partial charge in [-0.2, -0.15) is 0 Å². The van der Waals surface area contributed by atoms with Gasteiger partial charge in [0.25, 0.3) is 0 Å². The molecule has 0 aliphatic rings. The van der Waals surface area contributed by atoms with Gasteiger partial charge in [0.1, 0.15) is 0 Å². The lowest BCUT2D eigenvalue weighted by molar-refractivity contribution is 0.489. The predicted molar refractivity (Wildman–Crippen MR) is 58.4 cm³/mol. The largest absolute Gasteiger partial charge is 0.314 e. The van der Waals surface area contributed by atoms with E-state index < -0.39 is 8.40 Å². The molecule has 0 saturated carbocycles. The van der Waals surface area contributed by atoms with E-state index >= 15 is 0 Å². The molecule has 0 amide bonds. The van der Waals surface area contributed by atoms with Crippen LogP contribution in [0.3, 0.4) is 0 Å². The lowest BCUT2D eigenvalue weighted by Crippen LogP contribution is -2.59. The van der Waals surface area contributed by atoms with E-state index in [1.807, 2.05) is 0 Å². The maximum atomic E-state index is 3.97. The molecular weight excluding hydrogens is 164 g/mol. The highest BCUT2D eigenvalue weighted by atomic mass is 28.3. The van der Waals surface area contributed by atoms with Crippen molar-refractivity contribution in [3.63, 3.8) is 0 Å². The van der Waals surface area contributed by atoms with Crippen LogP contribution in [0, 0.1) is 0 Å². The van der Waals surface area contributed by atoms with E-state index in [1.54, 1.807) is 0 Å². The number of hydrogen-bond acceptors (Lipinski definition) is 2. The highest BCUT2D eigenvalue weighted by Gasteiger charge is 2.34. The maximum Gasteiger partial charge on any atom is 0.230 e. The molecule has 0 bridgehead atoms. The molecule has 0 N–H and O–H groups in total. The summed E-state index contributed by atoms with van der Waals surface area (Å²) in [6.45, 7) is 6.21. The Kier molecular flexibility index (Phi) is 4.75. The third-order valence-corrected chi connectivity index (χ3v) is 7.48. The van der Waals surface area contributed by atoms with Gasteiger partial charge in [-0.3, -0.25) is 0 Å². The van der Waals surface area contributed by atoms with E-state index in [0.29, 0.717) is 0 Å². The van der Waals surface area contributed by atoms with Crippen molar-refractivity contribution in [3.8, 4) is 0 Å². The molecule has 0 rings (SSSR count). The molecule has 0 unspecified atom stereocenters. The molecule has 0 aromatic rings. The fourth-order valence-electron chi connectivity index (χ4n) is 1.68. The average molecular weight is 186 g/mol. The van der Waals surface area contributed by atoms with Gasteiger partial charge in [0.05, 0.1) is 0 Å². The van der Waals surface area contributed by atoms with Gasteiger partial charge >= 0.3 is 0 Å². The van der Waals surface area contributed by atoms with Crippen LogP contribution in [0.2, 0.25) is 6.04 Å². The molecule has 0 aromatic heterocycles. The monoisotopic (exact) mass is 186 g/mol.